The SMILES string of the molecule is CC(=O)N1CCc2cc(-c3ccc(CCN4CCCC4C)c(F)c3)ccc2C1. The first kappa shape index (κ1) is 19.1. The van der Waals surface area contributed by atoms with E-state index in [9.17, 15) is 9.18 Å². The molecule has 1 atom stereocenters. The van der Waals surface area contributed by atoms with Crippen LogP contribution in [-0.2, 0) is 24.2 Å². The quantitative estimate of drug-likeness (QED) is 0.784. The van der Waals surface area contributed by atoms with Crippen molar-refractivity contribution in [2.24, 2.45) is 0 Å². The fourth-order valence-corrected chi connectivity index (χ4v) is 4.52. The van der Waals surface area contributed by atoms with Crippen LogP contribution < -0.4 is 0 Å². The molecule has 2 heterocycles. The molecule has 1 saturated heterocycles. The molecule has 2 aromatic rings. The first-order valence-corrected chi connectivity index (χ1v) is 10.4. The third kappa shape index (κ3) is 3.97. The lowest BCUT2D eigenvalue weighted by Gasteiger charge is -2.28. The van der Waals surface area contributed by atoms with Gasteiger partial charge in [-0.05, 0) is 73.0 Å². The van der Waals surface area contributed by atoms with Crippen LogP contribution >= 0.6 is 0 Å². The Morgan fingerprint density at radius 2 is 1.89 bits per heavy atom. The van der Waals surface area contributed by atoms with Crippen LogP contribution in [0.25, 0.3) is 11.1 Å². The molecule has 3 nitrogen and oxygen atoms in total. The summed E-state index contributed by atoms with van der Waals surface area (Å²) in [6.07, 6.45) is 4.13. The van der Waals surface area contributed by atoms with Crippen molar-refractivity contribution in [3.05, 3.63) is 58.9 Å². The van der Waals surface area contributed by atoms with Crippen LogP contribution in [0.4, 0.5) is 4.39 Å². The Kier molecular flexibility index (Phi) is 5.49. The number of hydrogen-bond donors (Lipinski definition) is 0. The number of halogens is 1. The third-order valence-electron chi connectivity index (χ3n) is 6.41. The Hall–Kier alpha value is -2.20. The molecule has 4 heteroatoms. The summed E-state index contributed by atoms with van der Waals surface area (Å²) in [5.41, 5.74) is 5.24. The molecule has 0 radical (unpaired) electrons. The zero-order chi connectivity index (χ0) is 19.7. The minimum atomic E-state index is -0.107. The normalized spacial score (nSPS) is 19.7. The highest BCUT2D eigenvalue weighted by atomic mass is 19.1. The van der Waals surface area contributed by atoms with E-state index in [0.717, 1.165) is 49.2 Å². The first-order chi connectivity index (χ1) is 13.5. The van der Waals surface area contributed by atoms with Crippen LogP contribution in [0.3, 0.4) is 0 Å². The minimum absolute atomic E-state index is 0.107. The molecule has 0 spiro atoms. The molecule has 0 aromatic heterocycles. The number of carbonyl (C=O) groups is 1. The maximum atomic E-state index is 14.7. The zero-order valence-electron chi connectivity index (χ0n) is 16.9. The molecule has 4 rings (SSSR count). The summed E-state index contributed by atoms with van der Waals surface area (Å²) in [5, 5.41) is 0. The van der Waals surface area contributed by atoms with Crippen molar-refractivity contribution in [2.45, 2.75) is 52.1 Å². The lowest BCUT2D eigenvalue weighted by molar-refractivity contribution is -0.129. The molecule has 0 bridgehead atoms. The standard InChI is InChI=1S/C24H29FN2O/c1-17-4-3-11-26(17)12-9-19-5-6-21(15-24(19)25)20-7-8-23-16-27(18(2)28)13-10-22(23)14-20/h5-8,14-15,17H,3-4,9-13,16H2,1-2H3. The molecular weight excluding hydrogens is 351 g/mol. The molecule has 1 fully saturated rings. The average Bonchev–Trinajstić information content (AvgIpc) is 3.11. The molecule has 2 aliphatic heterocycles. The highest BCUT2D eigenvalue weighted by Gasteiger charge is 2.21. The van der Waals surface area contributed by atoms with Crippen molar-refractivity contribution >= 4 is 5.91 Å². The van der Waals surface area contributed by atoms with Gasteiger partial charge in [-0.2, -0.15) is 0 Å². The molecule has 1 unspecified atom stereocenters. The fourth-order valence-electron chi connectivity index (χ4n) is 4.52. The van der Waals surface area contributed by atoms with Gasteiger partial charge in [-0.3, -0.25) is 4.79 Å². The minimum Gasteiger partial charge on any atom is -0.338 e. The van der Waals surface area contributed by atoms with Crippen LogP contribution in [0.15, 0.2) is 36.4 Å². The fraction of sp³-hybridized carbons (Fsp3) is 0.458. The molecule has 2 aromatic carbocycles. The number of fused-ring (bicyclic) bond motifs is 1. The van der Waals surface area contributed by atoms with E-state index in [-0.39, 0.29) is 11.7 Å². The summed E-state index contributed by atoms with van der Waals surface area (Å²) in [6.45, 7) is 7.38. The first-order valence-electron chi connectivity index (χ1n) is 10.4. The molecule has 0 saturated carbocycles. The molecule has 2 aliphatic rings. The van der Waals surface area contributed by atoms with Crippen LogP contribution in [0.1, 0.15) is 43.4 Å². The van der Waals surface area contributed by atoms with E-state index in [1.54, 1.807) is 13.0 Å². The molecule has 28 heavy (non-hydrogen) atoms. The lowest BCUT2D eigenvalue weighted by Crippen LogP contribution is -2.34. The highest BCUT2D eigenvalue weighted by Crippen LogP contribution is 2.28. The maximum Gasteiger partial charge on any atom is 0.219 e. The summed E-state index contributed by atoms with van der Waals surface area (Å²) < 4.78 is 14.7. The lowest BCUT2D eigenvalue weighted by atomic mass is 9.94. The van der Waals surface area contributed by atoms with Crippen LogP contribution in [0.5, 0.6) is 0 Å². The molecular formula is C24H29FN2O. The smallest absolute Gasteiger partial charge is 0.219 e. The Morgan fingerprint density at radius 3 is 2.61 bits per heavy atom. The molecule has 0 aliphatic carbocycles. The third-order valence-corrected chi connectivity index (χ3v) is 6.41. The van der Waals surface area contributed by atoms with E-state index < -0.39 is 0 Å². The van der Waals surface area contributed by atoms with Gasteiger partial charge >= 0.3 is 0 Å². The van der Waals surface area contributed by atoms with Crippen molar-refractivity contribution in [1.82, 2.24) is 9.80 Å². The van der Waals surface area contributed by atoms with Crippen LogP contribution in [-0.4, -0.2) is 41.4 Å². The number of likely N-dealkylation sites (tertiary alicyclic amines) is 1. The van der Waals surface area contributed by atoms with Gasteiger partial charge in [-0.15, -0.1) is 0 Å². The predicted molar refractivity (Wildman–Crippen MR) is 111 cm³/mol. The van der Waals surface area contributed by atoms with Crippen LogP contribution in [0, 0.1) is 5.82 Å². The van der Waals surface area contributed by atoms with E-state index in [2.05, 4.69) is 24.0 Å². The number of hydrogen-bond acceptors (Lipinski definition) is 2. The summed E-state index contributed by atoms with van der Waals surface area (Å²) in [4.78, 5) is 15.9. The molecule has 148 valence electrons. The molecule has 1 amide bonds. The van der Waals surface area contributed by atoms with Gasteiger partial charge in [0.15, 0.2) is 0 Å². The Morgan fingerprint density at radius 1 is 1.11 bits per heavy atom. The highest BCUT2D eigenvalue weighted by molar-refractivity contribution is 5.74. The number of benzene rings is 2. The average molecular weight is 381 g/mol. The zero-order valence-corrected chi connectivity index (χ0v) is 16.9. The second-order valence-corrected chi connectivity index (χ2v) is 8.26. The number of nitrogens with zero attached hydrogens (tertiary/aromatic N) is 2. The summed E-state index contributed by atoms with van der Waals surface area (Å²) in [7, 11) is 0. The monoisotopic (exact) mass is 380 g/mol. The topological polar surface area (TPSA) is 23.6 Å². The Labute approximate surface area is 167 Å². The van der Waals surface area contributed by atoms with Crippen molar-refractivity contribution in [2.75, 3.05) is 19.6 Å². The predicted octanol–water partition coefficient (Wildman–Crippen LogP) is 4.42. The van der Waals surface area contributed by atoms with Crippen molar-refractivity contribution < 1.29 is 9.18 Å². The van der Waals surface area contributed by atoms with E-state index in [1.165, 1.54) is 24.0 Å². The molecule has 0 N–H and O–H groups in total. The number of carbonyl (C=O) groups excluding carboxylic acids is 1. The Balaban J connectivity index is 1.47. The Bertz CT molecular complexity index is 879. The van der Waals surface area contributed by atoms with Gasteiger partial charge in [0.05, 0.1) is 0 Å². The second kappa shape index (κ2) is 8.04. The van der Waals surface area contributed by atoms with Crippen LogP contribution in [0.2, 0.25) is 0 Å². The van der Waals surface area contributed by atoms with Crippen molar-refractivity contribution in [3.63, 3.8) is 0 Å². The number of amides is 1. The van der Waals surface area contributed by atoms with Gasteiger partial charge in [0, 0.05) is 32.6 Å². The van der Waals surface area contributed by atoms with E-state index in [0.29, 0.717) is 12.6 Å². The largest absolute Gasteiger partial charge is 0.338 e. The van der Waals surface area contributed by atoms with E-state index >= 15 is 0 Å². The van der Waals surface area contributed by atoms with Gasteiger partial charge in [0.2, 0.25) is 5.91 Å². The van der Waals surface area contributed by atoms with Crippen molar-refractivity contribution in [1.29, 1.82) is 0 Å². The second-order valence-electron chi connectivity index (χ2n) is 8.26. The van der Waals surface area contributed by atoms with Crippen molar-refractivity contribution in [3.8, 4) is 11.1 Å². The number of rotatable bonds is 4. The summed E-state index contributed by atoms with van der Waals surface area (Å²) in [5.74, 6) is 0.0144. The summed E-state index contributed by atoms with van der Waals surface area (Å²) in [6, 6.07) is 12.6. The van der Waals surface area contributed by atoms with Gasteiger partial charge in [-0.25, -0.2) is 4.39 Å². The summed E-state index contributed by atoms with van der Waals surface area (Å²) >= 11 is 0. The van der Waals surface area contributed by atoms with E-state index in [4.69, 9.17) is 0 Å². The van der Waals surface area contributed by atoms with Gasteiger partial charge < -0.3 is 9.80 Å². The van der Waals surface area contributed by atoms with Gasteiger partial charge in [0.1, 0.15) is 5.82 Å². The van der Waals surface area contributed by atoms with Gasteiger partial charge in [-0.1, -0.05) is 30.3 Å². The van der Waals surface area contributed by atoms with E-state index in [1.807, 2.05) is 23.1 Å². The van der Waals surface area contributed by atoms with Gasteiger partial charge in [0.25, 0.3) is 0 Å². The maximum absolute atomic E-state index is 14.7.